The van der Waals surface area contributed by atoms with E-state index in [2.05, 4.69) is 17.4 Å². The molecule has 0 amide bonds. The molecule has 0 unspecified atom stereocenters. The fourth-order valence-electron chi connectivity index (χ4n) is 2.27. The highest BCUT2D eigenvalue weighted by Gasteiger charge is 2.27. The molecule has 1 aliphatic rings. The van der Waals surface area contributed by atoms with Crippen molar-refractivity contribution in [1.29, 1.82) is 0 Å². The Balaban J connectivity index is 2.05. The van der Waals surface area contributed by atoms with Crippen molar-refractivity contribution in [3.8, 4) is 0 Å². The van der Waals surface area contributed by atoms with Gasteiger partial charge in [0, 0.05) is 0 Å². The minimum absolute atomic E-state index is 0.149. The summed E-state index contributed by atoms with van der Waals surface area (Å²) in [4.78, 5) is 11.5. The Kier molecular flexibility index (Phi) is 3.57. The van der Waals surface area contributed by atoms with Gasteiger partial charge in [-0.05, 0) is 30.9 Å². The number of esters is 1. The predicted molar refractivity (Wildman–Crippen MR) is 62.2 cm³/mol. The number of methoxy groups -OCH3 is 1. The van der Waals surface area contributed by atoms with Gasteiger partial charge in [-0.3, -0.25) is 4.79 Å². The molecule has 1 saturated heterocycles. The molecule has 0 spiro atoms. The lowest BCUT2D eigenvalue weighted by Crippen LogP contribution is -2.43. The van der Waals surface area contributed by atoms with E-state index in [-0.39, 0.29) is 12.0 Å². The zero-order chi connectivity index (χ0) is 11.4. The van der Waals surface area contributed by atoms with E-state index in [4.69, 9.17) is 4.74 Å². The molecule has 1 aromatic carbocycles. The van der Waals surface area contributed by atoms with Crippen molar-refractivity contribution in [2.24, 2.45) is 0 Å². The zero-order valence-electron chi connectivity index (χ0n) is 9.48. The molecule has 3 heteroatoms. The molecular formula is C13H17NO2. The highest BCUT2D eigenvalue weighted by molar-refractivity contribution is 5.75. The van der Waals surface area contributed by atoms with Gasteiger partial charge in [0.05, 0.1) is 7.11 Å². The van der Waals surface area contributed by atoms with Crippen molar-refractivity contribution in [1.82, 2.24) is 5.32 Å². The van der Waals surface area contributed by atoms with Crippen LogP contribution in [0.3, 0.4) is 0 Å². The molecule has 1 aliphatic heterocycles. The highest BCUT2D eigenvalue weighted by atomic mass is 16.5. The molecule has 1 N–H and O–H groups in total. The predicted octanol–water partition coefficient (Wildman–Crippen LogP) is 1.70. The highest BCUT2D eigenvalue weighted by Crippen LogP contribution is 2.27. The van der Waals surface area contributed by atoms with E-state index < -0.39 is 0 Å². The normalized spacial score (nSPS) is 25.1. The van der Waals surface area contributed by atoms with Gasteiger partial charge in [-0.2, -0.15) is 0 Å². The van der Waals surface area contributed by atoms with Crippen LogP contribution in [0.2, 0.25) is 0 Å². The van der Waals surface area contributed by atoms with Gasteiger partial charge in [0.15, 0.2) is 0 Å². The summed E-state index contributed by atoms with van der Waals surface area (Å²) in [7, 11) is 1.44. The molecule has 1 heterocycles. The number of hydrogen-bond acceptors (Lipinski definition) is 3. The van der Waals surface area contributed by atoms with Gasteiger partial charge in [0.2, 0.25) is 0 Å². The van der Waals surface area contributed by atoms with Crippen LogP contribution in [0.15, 0.2) is 30.3 Å². The summed E-state index contributed by atoms with van der Waals surface area (Å²) >= 11 is 0. The molecule has 86 valence electrons. The van der Waals surface area contributed by atoms with Crippen molar-refractivity contribution < 1.29 is 9.53 Å². The first-order valence-corrected chi connectivity index (χ1v) is 5.67. The summed E-state index contributed by atoms with van der Waals surface area (Å²) in [5.41, 5.74) is 1.32. The summed E-state index contributed by atoms with van der Waals surface area (Å²) in [6.45, 7) is 0.874. The summed E-state index contributed by atoms with van der Waals surface area (Å²) < 4.78 is 4.77. The fraction of sp³-hybridized carbons (Fsp3) is 0.462. The second-order valence-corrected chi connectivity index (χ2v) is 4.16. The Hall–Kier alpha value is -1.35. The first-order chi connectivity index (χ1) is 7.81. The van der Waals surface area contributed by atoms with Gasteiger partial charge in [-0.15, -0.1) is 0 Å². The number of benzene rings is 1. The molecule has 1 fully saturated rings. The zero-order valence-corrected chi connectivity index (χ0v) is 9.48. The monoisotopic (exact) mass is 219 g/mol. The summed E-state index contributed by atoms with van der Waals surface area (Å²) in [6, 6.07) is 10.2. The van der Waals surface area contributed by atoms with Crippen LogP contribution in [0.25, 0.3) is 0 Å². The molecule has 0 bridgehead atoms. The number of piperidine rings is 1. The van der Waals surface area contributed by atoms with Crippen molar-refractivity contribution in [3.63, 3.8) is 0 Å². The Labute approximate surface area is 95.8 Å². The number of carbonyl (C=O) groups excluding carboxylic acids is 1. The van der Waals surface area contributed by atoms with E-state index in [9.17, 15) is 4.79 Å². The molecule has 3 nitrogen and oxygen atoms in total. The van der Waals surface area contributed by atoms with E-state index in [1.807, 2.05) is 18.2 Å². The maximum atomic E-state index is 11.5. The number of ether oxygens (including phenoxy) is 1. The van der Waals surface area contributed by atoms with E-state index in [1.165, 1.54) is 12.7 Å². The van der Waals surface area contributed by atoms with Crippen LogP contribution in [0, 0.1) is 0 Å². The summed E-state index contributed by atoms with van der Waals surface area (Å²) in [5.74, 6) is 0.312. The molecule has 0 saturated carbocycles. The summed E-state index contributed by atoms with van der Waals surface area (Å²) in [5, 5.41) is 3.19. The second-order valence-electron chi connectivity index (χ2n) is 4.16. The van der Waals surface area contributed by atoms with E-state index in [0.29, 0.717) is 5.92 Å². The van der Waals surface area contributed by atoms with Crippen molar-refractivity contribution in [2.75, 3.05) is 13.7 Å². The maximum Gasteiger partial charge on any atom is 0.322 e. The van der Waals surface area contributed by atoms with E-state index in [0.717, 1.165) is 19.4 Å². The van der Waals surface area contributed by atoms with Crippen LogP contribution in [0.5, 0.6) is 0 Å². The topological polar surface area (TPSA) is 38.3 Å². The molecule has 16 heavy (non-hydrogen) atoms. The van der Waals surface area contributed by atoms with Crippen LogP contribution in [0.4, 0.5) is 0 Å². The Morgan fingerprint density at radius 3 is 2.81 bits per heavy atom. The van der Waals surface area contributed by atoms with Crippen LogP contribution in [0.1, 0.15) is 24.3 Å². The third-order valence-corrected chi connectivity index (χ3v) is 3.16. The van der Waals surface area contributed by atoms with Crippen molar-refractivity contribution >= 4 is 5.97 Å². The number of rotatable bonds is 2. The largest absolute Gasteiger partial charge is 0.468 e. The van der Waals surface area contributed by atoms with Gasteiger partial charge >= 0.3 is 5.97 Å². The van der Waals surface area contributed by atoms with Crippen molar-refractivity contribution in [2.45, 2.75) is 24.8 Å². The van der Waals surface area contributed by atoms with Gasteiger partial charge in [0.25, 0.3) is 0 Å². The molecule has 0 aromatic heterocycles. The lowest BCUT2D eigenvalue weighted by Gasteiger charge is -2.28. The third-order valence-electron chi connectivity index (χ3n) is 3.16. The van der Waals surface area contributed by atoms with Crippen LogP contribution < -0.4 is 5.32 Å². The molecule has 2 rings (SSSR count). The lowest BCUT2D eigenvalue weighted by atomic mass is 9.86. The Morgan fingerprint density at radius 2 is 2.12 bits per heavy atom. The van der Waals surface area contributed by atoms with Crippen LogP contribution in [-0.2, 0) is 9.53 Å². The number of hydrogen-bond donors (Lipinski definition) is 1. The maximum absolute atomic E-state index is 11.5. The SMILES string of the molecule is COC(=O)[C@@H]1C[C@H](c2ccccc2)CCN1. The fourth-order valence-corrected chi connectivity index (χ4v) is 2.27. The van der Waals surface area contributed by atoms with Gasteiger partial charge in [-0.25, -0.2) is 0 Å². The molecule has 0 radical (unpaired) electrons. The van der Waals surface area contributed by atoms with Crippen LogP contribution >= 0.6 is 0 Å². The average molecular weight is 219 g/mol. The van der Waals surface area contributed by atoms with Gasteiger partial charge in [0.1, 0.15) is 6.04 Å². The standard InChI is InChI=1S/C13H17NO2/c1-16-13(15)12-9-11(7-8-14-12)10-5-3-2-4-6-10/h2-6,11-12,14H,7-9H2,1H3/t11-,12+/m1/s1. The number of nitrogens with one attached hydrogen (secondary N) is 1. The smallest absolute Gasteiger partial charge is 0.322 e. The minimum atomic E-state index is -0.152. The molecular weight excluding hydrogens is 202 g/mol. The Morgan fingerprint density at radius 1 is 1.38 bits per heavy atom. The van der Waals surface area contributed by atoms with Crippen LogP contribution in [-0.4, -0.2) is 25.7 Å². The van der Waals surface area contributed by atoms with Crippen molar-refractivity contribution in [3.05, 3.63) is 35.9 Å². The average Bonchev–Trinajstić information content (AvgIpc) is 2.39. The van der Waals surface area contributed by atoms with Gasteiger partial charge < -0.3 is 10.1 Å². The number of carbonyl (C=O) groups is 1. The molecule has 2 atom stereocenters. The second kappa shape index (κ2) is 5.12. The quantitative estimate of drug-likeness (QED) is 0.769. The lowest BCUT2D eigenvalue weighted by molar-refractivity contribution is -0.143. The summed E-state index contributed by atoms with van der Waals surface area (Å²) in [6.07, 6.45) is 1.91. The van der Waals surface area contributed by atoms with E-state index >= 15 is 0 Å². The molecule has 1 aromatic rings. The minimum Gasteiger partial charge on any atom is -0.468 e. The first kappa shape index (κ1) is 11.1. The Bertz CT molecular complexity index is 350. The van der Waals surface area contributed by atoms with E-state index in [1.54, 1.807) is 0 Å². The third kappa shape index (κ3) is 2.42. The molecule has 0 aliphatic carbocycles. The first-order valence-electron chi connectivity index (χ1n) is 5.67. The van der Waals surface area contributed by atoms with Gasteiger partial charge in [-0.1, -0.05) is 30.3 Å².